The molecular formula is C20H21NO5. The second kappa shape index (κ2) is 8.01. The van der Waals surface area contributed by atoms with Crippen LogP contribution in [0.2, 0.25) is 0 Å². The summed E-state index contributed by atoms with van der Waals surface area (Å²) in [5.41, 5.74) is 4.48. The number of amides is 1. The first-order valence-corrected chi connectivity index (χ1v) is 8.54. The highest BCUT2D eigenvalue weighted by Gasteiger charge is 2.29. The van der Waals surface area contributed by atoms with E-state index in [1.54, 1.807) is 6.92 Å². The summed E-state index contributed by atoms with van der Waals surface area (Å²) in [7, 11) is 0. The van der Waals surface area contributed by atoms with Crippen molar-refractivity contribution in [2.45, 2.75) is 18.9 Å². The zero-order valence-corrected chi connectivity index (χ0v) is 14.5. The van der Waals surface area contributed by atoms with E-state index < -0.39 is 24.7 Å². The third kappa shape index (κ3) is 3.55. The van der Waals surface area contributed by atoms with E-state index in [4.69, 9.17) is 9.47 Å². The first kappa shape index (κ1) is 17.9. The van der Waals surface area contributed by atoms with Crippen LogP contribution in [0.15, 0.2) is 48.5 Å². The molecule has 0 aromatic heterocycles. The summed E-state index contributed by atoms with van der Waals surface area (Å²) in [6.45, 7) is 1.41. The molecule has 0 radical (unpaired) electrons. The van der Waals surface area contributed by atoms with Crippen molar-refractivity contribution < 1.29 is 24.2 Å². The molecule has 0 spiro atoms. The van der Waals surface area contributed by atoms with Gasteiger partial charge >= 0.3 is 12.1 Å². The molecule has 6 heteroatoms. The Labute approximate surface area is 151 Å². The minimum absolute atomic E-state index is 0.0664. The van der Waals surface area contributed by atoms with Crippen LogP contribution in [0.4, 0.5) is 4.79 Å². The van der Waals surface area contributed by atoms with Gasteiger partial charge in [0.05, 0.1) is 13.2 Å². The fourth-order valence-electron chi connectivity index (χ4n) is 3.20. The number of benzene rings is 2. The molecule has 0 saturated heterocycles. The quantitative estimate of drug-likeness (QED) is 0.778. The van der Waals surface area contributed by atoms with E-state index in [1.165, 1.54) is 0 Å². The Bertz CT molecular complexity index is 759. The van der Waals surface area contributed by atoms with E-state index in [9.17, 15) is 14.7 Å². The molecular weight excluding hydrogens is 334 g/mol. The molecule has 1 amide bonds. The van der Waals surface area contributed by atoms with Crippen molar-refractivity contribution in [3.63, 3.8) is 0 Å². The fraction of sp³-hybridized carbons (Fsp3) is 0.300. The summed E-state index contributed by atoms with van der Waals surface area (Å²) in [6, 6.07) is 14.9. The second-order valence-corrected chi connectivity index (χ2v) is 5.96. The molecule has 0 heterocycles. The van der Waals surface area contributed by atoms with Gasteiger partial charge in [0.1, 0.15) is 6.61 Å². The molecule has 1 aliphatic rings. The lowest BCUT2D eigenvalue weighted by molar-refractivity contribution is -0.146. The molecule has 1 aliphatic carbocycles. The number of alkyl carbamates (subject to hydrolysis) is 1. The maximum Gasteiger partial charge on any atom is 0.407 e. The van der Waals surface area contributed by atoms with Gasteiger partial charge in [0.15, 0.2) is 6.04 Å². The van der Waals surface area contributed by atoms with Crippen molar-refractivity contribution in [1.29, 1.82) is 0 Å². The van der Waals surface area contributed by atoms with Gasteiger partial charge in [0.2, 0.25) is 0 Å². The molecule has 2 aromatic rings. The monoisotopic (exact) mass is 355 g/mol. The molecule has 0 unspecified atom stereocenters. The fourth-order valence-corrected chi connectivity index (χ4v) is 3.20. The van der Waals surface area contributed by atoms with Crippen LogP contribution in [0.25, 0.3) is 11.1 Å². The lowest BCUT2D eigenvalue weighted by Crippen LogP contribution is -2.44. The van der Waals surface area contributed by atoms with Crippen molar-refractivity contribution in [1.82, 2.24) is 5.32 Å². The Kier molecular flexibility index (Phi) is 5.53. The molecule has 136 valence electrons. The van der Waals surface area contributed by atoms with E-state index in [1.807, 2.05) is 36.4 Å². The van der Waals surface area contributed by atoms with Gasteiger partial charge in [-0.2, -0.15) is 0 Å². The van der Waals surface area contributed by atoms with Crippen molar-refractivity contribution in [3.8, 4) is 11.1 Å². The molecule has 1 atom stereocenters. The minimum atomic E-state index is -1.13. The van der Waals surface area contributed by atoms with E-state index in [2.05, 4.69) is 17.4 Å². The molecule has 2 aromatic carbocycles. The van der Waals surface area contributed by atoms with Gasteiger partial charge in [-0.1, -0.05) is 48.5 Å². The van der Waals surface area contributed by atoms with Crippen LogP contribution in [-0.4, -0.2) is 43.0 Å². The Morgan fingerprint density at radius 1 is 1.04 bits per heavy atom. The van der Waals surface area contributed by atoms with Crippen LogP contribution in [0.5, 0.6) is 0 Å². The normalized spacial score (nSPS) is 13.5. The van der Waals surface area contributed by atoms with Gasteiger partial charge in [0.25, 0.3) is 0 Å². The van der Waals surface area contributed by atoms with Crippen molar-refractivity contribution >= 4 is 12.1 Å². The summed E-state index contributed by atoms with van der Waals surface area (Å²) >= 11 is 0. The Balaban J connectivity index is 1.68. The number of hydrogen-bond acceptors (Lipinski definition) is 5. The van der Waals surface area contributed by atoms with E-state index in [-0.39, 0.29) is 19.1 Å². The summed E-state index contributed by atoms with van der Waals surface area (Å²) in [5.74, 6) is -0.758. The number of rotatable bonds is 6. The van der Waals surface area contributed by atoms with Crippen LogP contribution in [0.1, 0.15) is 24.0 Å². The van der Waals surface area contributed by atoms with Gasteiger partial charge in [-0.15, -0.1) is 0 Å². The molecule has 0 saturated carbocycles. The van der Waals surface area contributed by atoms with E-state index >= 15 is 0 Å². The lowest BCUT2D eigenvalue weighted by Gasteiger charge is -2.17. The summed E-state index contributed by atoms with van der Waals surface area (Å²) < 4.78 is 10.1. The average molecular weight is 355 g/mol. The summed E-state index contributed by atoms with van der Waals surface area (Å²) in [5, 5.41) is 11.6. The van der Waals surface area contributed by atoms with Gasteiger partial charge < -0.3 is 19.9 Å². The molecule has 0 fully saturated rings. The number of aliphatic hydroxyl groups excluding tert-OH is 1. The number of hydrogen-bond donors (Lipinski definition) is 2. The van der Waals surface area contributed by atoms with Gasteiger partial charge in [-0.25, -0.2) is 9.59 Å². The molecule has 6 nitrogen and oxygen atoms in total. The number of aliphatic hydroxyl groups is 1. The second-order valence-electron chi connectivity index (χ2n) is 5.96. The minimum Gasteiger partial charge on any atom is -0.464 e. The van der Waals surface area contributed by atoms with Crippen LogP contribution in [0, 0.1) is 0 Å². The third-order valence-electron chi connectivity index (χ3n) is 4.39. The number of nitrogens with one attached hydrogen (secondary N) is 1. The predicted molar refractivity (Wildman–Crippen MR) is 95.7 cm³/mol. The SMILES string of the molecule is CCOC(=O)[C@H](CO)NC(=O)OCC1c2ccccc2-c2ccccc21. The number of fused-ring (bicyclic) bond motifs is 3. The first-order chi connectivity index (χ1) is 12.7. The number of esters is 1. The zero-order chi connectivity index (χ0) is 18.5. The molecule has 0 bridgehead atoms. The highest BCUT2D eigenvalue weighted by atomic mass is 16.6. The summed E-state index contributed by atoms with van der Waals surface area (Å²) in [6.07, 6.45) is -0.765. The Morgan fingerprint density at radius 2 is 1.62 bits per heavy atom. The maximum atomic E-state index is 12.0. The van der Waals surface area contributed by atoms with Crippen LogP contribution < -0.4 is 5.32 Å². The average Bonchev–Trinajstić information content (AvgIpc) is 2.98. The van der Waals surface area contributed by atoms with Crippen molar-refractivity contribution in [2.24, 2.45) is 0 Å². The topological polar surface area (TPSA) is 84.9 Å². The lowest BCUT2D eigenvalue weighted by atomic mass is 9.98. The van der Waals surface area contributed by atoms with E-state index in [0.29, 0.717) is 0 Å². The number of carbonyl (C=O) groups is 2. The number of carbonyl (C=O) groups excluding carboxylic acids is 2. The first-order valence-electron chi connectivity index (χ1n) is 8.54. The third-order valence-corrected chi connectivity index (χ3v) is 4.39. The van der Waals surface area contributed by atoms with Gasteiger partial charge in [-0.3, -0.25) is 0 Å². The molecule has 3 rings (SSSR count). The van der Waals surface area contributed by atoms with Crippen LogP contribution >= 0.6 is 0 Å². The zero-order valence-electron chi connectivity index (χ0n) is 14.5. The highest BCUT2D eigenvalue weighted by molar-refractivity contribution is 5.82. The molecule has 26 heavy (non-hydrogen) atoms. The van der Waals surface area contributed by atoms with Crippen LogP contribution in [-0.2, 0) is 14.3 Å². The largest absolute Gasteiger partial charge is 0.464 e. The molecule has 2 N–H and O–H groups in total. The summed E-state index contributed by atoms with van der Waals surface area (Å²) in [4.78, 5) is 23.7. The predicted octanol–water partition coefficient (Wildman–Crippen LogP) is 2.45. The van der Waals surface area contributed by atoms with Gasteiger partial charge in [0, 0.05) is 5.92 Å². The standard InChI is InChI=1S/C20H21NO5/c1-2-25-19(23)18(11-22)21-20(24)26-12-17-15-9-5-3-7-13(15)14-8-4-6-10-16(14)17/h3-10,17-18,22H,2,11-12H2,1H3,(H,21,24)/t18-/m0/s1. The Morgan fingerprint density at radius 3 is 2.15 bits per heavy atom. The van der Waals surface area contributed by atoms with Crippen molar-refractivity contribution in [3.05, 3.63) is 59.7 Å². The van der Waals surface area contributed by atoms with Gasteiger partial charge in [-0.05, 0) is 29.2 Å². The smallest absolute Gasteiger partial charge is 0.407 e. The van der Waals surface area contributed by atoms with Crippen molar-refractivity contribution in [2.75, 3.05) is 19.8 Å². The molecule has 0 aliphatic heterocycles. The van der Waals surface area contributed by atoms with Crippen LogP contribution in [0.3, 0.4) is 0 Å². The Hall–Kier alpha value is -2.86. The van der Waals surface area contributed by atoms with E-state index in [0.717, 1.165) is 22.3 Å². The number of ether oxygens (including phenoxy) is 2. The maximum absolute atomic E-state index is 12.0. The highest BCUT2D eigenvalue weighted by Crippen LogP contribution is 2.44.